The Balaban J connectivity index is 2.43. The Labute approximate surface area is 114 Å². The first-order chi connectivity index (χ1) is 7.99. The molecule has 2 aromatic rings. The summed E-state index contributed by atoms with van der Waals surface area (Å²) in [5.41, 5.74) is 7.13. The summed E-state index contributed by atoms with van der Waals surface area (Å²) in [5.74, 6) is -1.92. The van der Waals surface area contributed by atoms with E-state index in [0.29, 0.717) is 5.56 Å². The summed E-state index contributed by atoms with van der Waals surface area (Å²) in [6, 6.07) is 3.23. The number of halogens is 4. The predicted octanol–water partition coefficient (Wildman–Crippen LogP) is 4.49. The molecule has 2 rings (SSSR count). The maximum Gasteiger partial charge on any atom is 0.160 e. The summed E-state index contributed by atoms with van der Waals surface area (Å²) in [4.78, 5) is 0. The second-order valence-electron chi connectivity index (χ2n) is 3.45. The van der Waals surface area contributed by atoms with Crippen LogP contribution in [0.1, 0.15) is 17.2 Å². The van der Waals surface area contributed by atoms with Crippen molar-refractivity contribution < 1.29 is 8.78 Å². The normalized spacial score (nSPS) is 12.8. The highest BCUT2D eigenvalue weighted by Gasteiger charge is 2.17. The molecule has 2 N–H and O–H groups in total. The smallest absolute Gasteiger partial charge is 0.160 e. The summed E-state index contributed by atoms with van der Waals surface area (Å²) in [6.45, 7) is 0. The van der Waals surface area contributed by atoms with Gasteiger partial charge >= 0.3 is 0 Å². The van der Waals surface area contributed by atoms with E-state index in [-0.39, 0.29) is 5.02 Å². The summed E-state index contributed by atoms with van der Waals surface area (Å²) >= 11 is 10.6. The highest BCUT2D eigenvalue weighted by atomic mass is 79.9. The lowest BCUT2D eigenvalue weighted by Crippen LogP contribution is -2.12. The first-order valence-corrected chi connectivity index (χ1v) is 6.68. The van der Waals surface area contributed by atoms with Crippen LogP contribution >= 0.6 is 38.9 Å². The zero-order valence-corrected chi connectivity index (χ0v) is 11.5. The van der Waals surface area contributed by atoms with Crippen molar-refractivity contribution in [3.05, 3.63) is 55.1 Å². The van der Waals surface area contributed by atoms with Crippen LogP contribution in [0.25, 0.3) is 0 Å². The van der Waals surface area contributed by atoms with Crippen molar-refractivity contribution in [1.82, 2.24) is 0 Å². The zero-order valence-electron chi connectivity index (χ0n) is 8.38. The Morgan fingerprint density at radius 2 is 1.88 bits per heavy atom. The third-order valence-corrected chi connectivity index (χ3v) is 4.17. The van der Waals surface area contributed by atoms with Gasteiger partial charge in [0.15, 0.2) is 11.6 Å². The maximum atomic E-state index is 13.1. The second-order valence-corrected chi connectivity index (χ2v) is 6.15. The molecule has 6 heteroatoms. The van der Waals surface area contributed by atoms with Gasteiger partial charge < -0.3 is 5.73 Å². The van der Waals surface area contributed by atoms with Crippen molar-refractivity contribution in [2.45, 2.75) is 6.04 Å². The number of rotatable bonds is 2. The number of hydrogen-bond acceptors (Lipinski definition) is 2. The van der Waals surface area contributed by atoms with Gasteiger partial charge in [0.1, 0.15) is 0 Å². The molecule has 0 spiro atoms. The predicted molar refractivity (Wildman–Crippen MR) is 69.4 cm³/mol. The minimum absolute atomic E-state index is 0.124. The monoisotopic (exact) mass is 337 g/mol. The van der Waals surface area contributed by atoms with Gasteiger partial charge in [-0.15, -0.1) is 11.3 Å². The van der Waals surface area contributed by atoms with E-state index in [2.05, 4.69) is 15.9 Å². The highest BCUT2D eigenvalue weighted by molar-refractivity contribution is 9.11. The molecule has 0 saturated heterocycles. The van der Waals surface area contributed by atoms with E-state index in [9.17, 15) is 8.78 Å². The van der Waals surface area contributed by atoms with Crippen LogP contribution in [0.3, 0.4) is 0 Å². The van der Waals surface area contributed by atoms with E-state index in [1.54, 1.807) is 0 Å². The minimum Gasteiger partial charge on any atom is -0.320 e. The molecule has 0 amide bonds. The molecule has 1 heterocycles. The van der Waals surface area contributed by atoms with Crippen LogP contribution in [0.5, 0.6) is 0 Å². The summed E-state index contributed by atoms with van der Waals surface area (Å²) in [7, 11) is 0. The van der Waals surface area contributed by atoms with Crippen molar-refractivity contribution >= 4 is 38.9 Å². The van der Waals surface area contributed by atoms with Gasteiger partial charge in [0.05, 0.1) is 9.83 Å². The topological polar surface area (TPSA) is 26.0 Å². The Bertz CT molecular complexity index is 558. The van der Waals surface area contributed by atoms with E-state index >= 15 is 0 Å². The van der Waals surface area contributed by atoms with E-state index in [0.717, 1.165) is 21.5 Å². The van der Waals surface area contributed by atoms with Crippen molar-refractivity contribution in [2.24, 2.45) is 5.73 Å². The molecule has 17 heavy (non-hydrogen) atoms. The molecule has 0 aliphatic heterocycles. The lowest BCUT2D eigenvalue weighted by Gasteiger charge is -2.12. The van der Waals surface area contributed by atoms with Crippen molar-refractivity contribution in [3.63, 3.8) is 0 Å². The van der Waals surface area contributed by atoms with Gasteiger partial charge in [0.25, 0.3) is 0 Å². The van der Waals surface area contributed by atoms with Gasteiger partial charge in [-0.2, -0.15) is 0 Å². The summed E-state index contributed by atoms with van der Waals surface area (Å²) < 4.78 is 27.0. The molecule has 90 valence electrons. The minimum atomic E-state index is -0.975. The molecule has 0 aliphatic rings. The van der Waals surface area contributed by atoms with Crippen LogP contribution in [0.15, 0.2) is 27.4 Å². The molecule has 1 unspecified atom stereocenters. The average molecular weight is 339 g/mol. The number of hydrogen-bond donors (Lipinski definition) is 1. The van der Waals surface area contributed by atoms with Crippen LogP contribution in [-0.4, -0.2) is 0 Å². The number of benzene rings is 1. The Morgan fingerprint density at radius 1 is 1.24 bits per heavy atom. The maximum absolute atomic E-state index is 13.1. The Hall–Kier alpha value is -0.490. The fourth-order valence-corrected chi connectivity index (χ4v) is 2.92. The molecule has 0 fully saturated rings. The lowest BCUT2D eigenvalue weighted by atomic mass is 10.0. The zero-order chi connectivity index (χ0) is 12.6. The van der Waals surface area contributed by atoms with E-state index < -0.39 is 17.7 Å². The number of thiophene rings is 1. The molecule has 1 aromatic heterocycles. The first-order valence-electron chi connectivity index (χ1n) is 4.63. The molecule has 1 atom stereocenters. The third-order valence-electron chi connectivity index (χ3n) is 2.32. The highest BCUT2D eigenvalue weighted by Crippen LogP contribution is 2.32. The Kier molecular flexibility index (Phi) is 3.82. The lowest BCUT2D eigenvalue weighted by molar-refractivity contribution is 0.506. The quantitative estimate of drug-likeness (QED) is 0.802. The summed E-state index contributed by atoms with van der Waals surface area (Å²) in [6.07, 6.45) is 0. The molecule has 0 radical (unpaired) electrons. The second kappa shape index (κ2) is 5.02. The van der Waals surface area contributed by atoms with Crippen LogP contribution < -0.4 is 5.73 Å². The molecule has 1 aromatic carbocycles. The van der Waals surface area contributed by atoms with Crippen LogP contribution in [-0.2, 0) is 0 Å². The fraction of sp³-hybridized carbons (Fsp3) is 0.0909. The standard InChI is InChI=1S/C11H7BrClF2NS/c12-10-1-5(4-17-10)11(16)6-2-8(14)9(15)3-7(6)13/h1-4,11H,16H2. The van der Waals surface area contributed by atoms with Gasteiger partial charge in [-0.1, -0.05) is 11.6 Å². The van der Waals surface area contributed by atoms with Crippen LogP contribution in [0.2, 0.25) is 5.02 Å². The van der Waals surface area contributed by atoms with Gasteiger partial charge in [-0.05, 0) is 50.6 Å². The van der Waals surface area contributed by atoms with Crippen LogP contribution in [0, 0.1) is 11.6 Å². The summed E-state index contributed by atoms with van der Waals surface area (Å²) in [5, 5.41) is 1.96. The van der Waals surface area contributed by atoms with Crippen molar-refractivity contribution in [2.75, 3.05) is 0 Å². The van der Waals surface area contributed by atoms with E-state index in [4.69, 9.17) is 17.3 Å². The average Bonchev–Trinajstić information content (AvgIpc) is 2.69. The molecular weight excluding hydrogens is 332 g/mol. The first kappa shape index (κ1) is 13.0. The molecule has 0 bridgehead atoms. The van der Waals surface area contributed by atoms with Gasteiger partial charge in [-0.3, -0.25) is 0 Å². The third kappa shape index (κ3) is 2.68. The molecule has 0 saturated carbocycles. The van der Waals surface area contributed by atoms with Crippen molar-refractivity contribution in [3.8, 4) is 0 Å². The van der Waals surface area contributed by atoms with Gasteiger partial charge in [-0.25, -0.2) is 8.78 Å². The van der Waals surface area contributed by atoms with Gasteiger partial charge in [0, 0.05) is 5.02 Å². The van der Waals surface area contributed by atoms with E-state index in [1.807, 2.05) is 11.4 Å². The number of nitrogens with two attached hydrogens (primary N) is 1. The fourth-order valence-electron chi connectivity index (χ4n) is 1.44. The van der Waals surface area contributed by atoms with Gasteiger partial charge in [0.2, 0.25) is 0 Å². The molecular formula is C11H7BrClF2NS. The SMILES string of the molecule is NC(c1csc(Br)c1)c1cc(F)c(F)cc1Cl. The van der Waals surface area contributed by atoms with Crippen LogP contribution in [0.4, 0.5) is 8.78 Å². The van der Waals surface area contributed by atoms with Crippen molar-refractivity contribution in [1.29, 1.82) is 0 Å². The molecule has 1 nitrogen and oxygen atoms in total. The van der Waals surface area contributed by atoms with E-state index in [1.165, 1.54) is 11.3 Å². The largest absolute Gasteiger partial charge is 0.320 e. The Morgan fingerprint density at radius 3 is 2.47 bits per heavy atom. The molecule has 0 aliphatic carbocycles.